The average molecular weight is 482 g/mol. The van der Waals surface area contributed by atoms with E-state index in [0.717, 1.165) is 12.3 Å². The topological polar surface area (TPSA) is 118 Å². The second kappa shape index (κ2) is 9.63. The van der Waals surface area contributed by atoms with Gasteiger partial charge in [-0.1, -0.05) is 0 Å². The standard InChI is InChI=1S/C24H21F3N6O2/c1-14(22-29-7-2-8-30-22)33(12-18-5-4-17(11-31-18)24(25,26)27)23(35)15-3-6-20-19(9-15)16(13-34)10-21(28)32-20/h2-11,14,34H,12-13H2,1H3,(H2,28,32). The van der Waals surface area contributed by atoms with Crippen LogP contribution >= 0.6 is 0 Å². The molecule has 0 bridgehead atoms. The lowest BCUT2D eigenvalue weighted by Crippen LogP contribution is -2.34. The van der Waals surface area contributed by atoms with Gasteiger partial charge in [-0.2, -0.15) is 13.2 Å². The fraction of sp³-hybridized carbons (Fsp3) is 0.208. The summed E-state index contributed by atoms with van der Waals surface area (Å²) in [6.45, 7) is 1.34. The molecule has 8 nitrogen and oxygen atoms in total. The maximum atomic E-state index is 13.7. The Hall–Kier alpha value is -4.12. The van der Waals surface area contributed by atoms with E-state index in [1.54, 1.807) is 31.2 Å². The molecule has 4 rings (SSSR count). The number of nitrogens with two attached hydrogens (primary N) is 1. The van der Waals surface area contributed by atoms with Crippen LogP contribution in [0.25, 0.3) is 10.9 Å². The fourth-order valence-corrected chi connectivity index (χ4v) is 3.66. The molecular weight excluding hydrogens is 461 g/mol. The van der Waals surface area contributed by atoms with Gasteiger partial charge >= 0.3 is 6.18 Å². The summed E-state index contributed by atoms with van der Waals surface area (Å²) in [6.07, 6.45) is -0.699. The summed E-state index contributed by atoms with van der Waals surface area (Å²) >= 11 is 0. The van der Waals surface area contributed by atoms with E-state index in [1.165, 1.54) is 29.4 Å². The largest absolute Gasteiger partial charge is 0.417 e. The van der Waals surface area contributed by atoms with Gasteiger partial charge in [0.25, 0.3) is 5.91 Å². The molecule has 1 unspecified atom stereocenters. The van der Waals surface area contributed by atoms with Crippen LogP contribution in [0, 0.1) is 0 Å². The van der Waals surface area contributed by atoms with E-state index < -0.39 is 23.7 Å². The van der Waals surface area contributed by atoms with Gasteiger partial charge in [0.1, 0.15) is 11.6 Å². The van der Waals surface area contributed by atoms with Gasteiger partial charge in [0.15, 0.2) is 0 Å². The summed E-state index contributed by atoms with van der Waals surface area (Å²) in [5, 5.41) is 10.3. The van der Waals surface area contributed by atoms with Crippen LogP contribution in [0.3, 0.4) is 0 Å². The number of aromatic nitrogens is 4. The second-order valence-electron chi connectivity index (χ2n) is 7.85. The van der Waals surface area contributed by atoms with E-state index in [-0.39, 0.29) is 30.2 Å². The van der Waals surface area contributed by atoms with Gasteiger partial charge in [0, 0.05) is 29.5 Å². The van der Waals surface area contributed by atoms with Gasteiger partial charge < -0.3 is 15.7 Å². The number of alkyl halides is 3. The Morgan fingerprint density at radius 3 is 2.49 bits per heavy atom. The normalized spacial score (nSPS) is 12.5. The minimum atomic E-state index is -4.51. The molecule has 0 aliphatic heterocycles. The first-order valence-corrected chi connectivity index (χ1v) is 10.6. The minimum Gasteiger partial charge on any atom is -0.392 e. The van der Waals surface area contributed by atoms with Gasteiger partial charge in [0.05, 0.1) is 36.0 Å². The first-order valence-electron chi connectivity index (χ1n) is 10.6. The molecule has 1 atom stereocenters. The molecule has 180 valence electrons. The molecule has 0 saturated heterocycles. The molecule has 3 N–H and O–H groups in total. The molecule has 1 aromatic carbocycles. The Kier molecular flexibility index (Phi) is 6.61. The predicted octanol–water partition coefficient (Wildman–Crippen LogP) is 3.92. The Morgan fingerprint density at radius 1 is 1.11 bits per heavy atom. The summed E-state index contributed by atoms with van der Waals surface area (Å²) in [5.41, 5.74) is 6.48. The zero-order valence-electron chi connectivity index (χ0n) is 18.6. The molecule has 0 radical (unpaired) electrons. The number of carbonyl (C=O) groups excluding carboxylic acids is 1. The van der Waals surface area contributed by atoms with Crippen molar-refractivity contribution < 1.29 is 23.1 Å². The number of carbonyl (C=O) groups is 1. The lowest BCUT2D eigenvalue weighted by atomic mass is 10.0. The van der Waals surface area contributed by atoms with Crippen molar-refractivity contribution in [3.63, 3.8) is 0 Å². The molecule has 0 aliphatic carbocycles. The summed E-state index contributed by atoms with van der Waals surface area (Å²) < 4.78 is 38.8. The molecule has 0 fully saturated rings. The first-order chi connectivity index (χ1) is 16.7. The molecule has 35 heavy (non-hydrogen) atoms. The first kappa shape index (κ1) is 24.0. The predicted molar refractivity (Wildman–Crippen MR) is 122 cm³/mol. The Morgan fingerprint density at radius 2 is 1.86 bits per heavy atom. The van der Waals surface area contributed by atoms with Crippen LogP contribution in [0.15, 0.2) is 61.1 Å². The van der Waals surface area contributed by atoms with Crippen molar-refractivity contribution in [1.82, 2.24) is 24.8 Å². The van der Waals surface area contributed by atoms with Crippen molar-refractivity contribution in [2.24, 2.45) is 0 Å². The van der Waals surface area contributed by atoms with E-state index >= 15 is 0 Å². The molecule has 11 heteroatoms. The number of anilines is 1. The highest BCUT2D eigenvalue weighted by Gasteiger charge is 2.31. The molecular formula is C24H21F3N6O2. The number of aliphatic hydroxyl groups is 1. The van der Waals surface area contributed by atoms with Gasteiger partial charge in [-0.3, -0.25) is 9.78 Å². The lowest BCUT2D eigenvalue weighted by Gasteiger charge is -2.28. The molecule has 0 spiro atoms. The van der Waals surface area contributed by atoms with Crippen LogP contribution in [0.2, 0.25) is 0 Å². The zero-order valence-corrected chi connectivity index (χ0v) is 18.6. The number of halogens is 3. The maximum absolute atomic E-state index is 13.7. The van der Waals surface area contributed by atoms with Crippen LogP contribution in [-0.2, 0) is 19.3 Å². The third kappa shape index (κ3) is 5.19. The van der Waals surface area contributed by atoms with Crippen LogP contribution in [0.5, 0.6) is 0 Å². The summed E-state index contributed by atoms with van der Waals surface area (Å²) in [6, 6.07) is 9.50. The molecule has 0 aliphatic rings. The van der Waals surface area contributed by atoms with Crippen molar-refractivity contribution in [1.29, 1.82) is 0 Å². The molecule has 1 amide bonds. The SMILES string of the molecule is CC(c1ncccn1)N(Cc1ccc(C(F)(F)F)cn1)C(=O)c1ccc2nc(N)cc(CO)c2c1. The summed E-state index contributed by atoms with van der Waals surface area (Å²) in [4.78, 5) is 31.7. The zero-order chi connectivity index (χ0) is 25.2. The fourth-order valence-electron chi connectivity index (χ4n) is 3.66. The van der Waals surface area contributed by atoms with Crippen LogP contribution in [0.4, 0.5) is 19.0 Å². The van der Waals surface area contributed by atoms with Gasteiger partial charge in [0.2, 0.25) is 0 Å². The number of pyridine rings is 2. The molecule has 3 aromatic heterocycles. The molecule has 3 heterocycles. The number of nitrogen functional groups attached to an aromatic ring is 1. The van der Waals surface area contributed by atoms with Gasteiger partial charge in [-0.25, -0.2) is 15.0 Å². The van der Waals surface area contributed by atoms with Crippen molar-refractivity contribution in [2.45, 2.75) is 32.3 Å². The number of fused-ring (bicyclic) bond motifs is 1. The lowest BCUT2D eigenvalue weighted by molar-refractivity contribution is -0.137. The Balaban J connectivity index is 1.73. The number of benzene rings is 1. The van der Waals surface area contributed by atoms with E-state index in [9.17, 15) is 23.1 Å². The number of hydrogen-bond donors (Lipinski definition) is 2. The monoisotopic (exact) mass is 482 g/mol. The van der Waals surface area contributed by atoms with Crippen molar-refractivity contribution in [3.05, 3.63) is 89.3 Å². The Labute approximate surface area is 198 Å². The van der Waals surface area contributed by atoms with Crippen LogP contribution in [0.1, 0.15) is 46.0 Å². The van der Waals surface area contributed by atoms with E-state index in [0.29, 0.717) is 22.3 Å². The van der Waals surface area contributed by atoms with Gasteiger partial charge in [-0.05, 0) is 55.0 Å². The number of amides is 1. The van der Waals surface area contributed by atoms with E-state index in [1.807, 2.05) is 0 Å². The molecule has 4 aromatic rings. The van der Waals surface area contributed by atoms with E-state index in [2.05, 4.69) is 19.9 Å². The average Bonchev–Trinajstić information content (AvgIpc) is 2.86. The van der Waals surface area contributed by atoms with Crippen molar-refractivity contribution >= 4 is 22.6 Å². The number of rotatable bonds is 6. The third-order valence-corrected chi connectivity index (χ3v) is 5.50. The van der Waals surface area contributed by atoms with Crippen molar-refractivity contribution in [3.8, 4) is 0 Å². The number of aliphatic hydroxyl groups excluding tert-OH is 1. The van der Waals surface area contributed by atoms with Crippen molar-refractivity contribution in [2.75, 3.05) is 5.73 Å². The summed E-state index contributed by atoms with van der Waals surface area (Å²) in [7, 11) is 0. The maximum Gasteiger partial charge on any atom is 0.417 e. The minimum absolute atomic E-state index is 0.0821. The highest BCUT2D eigenvalue weighted by Crippen LogP contribution is 2.29. The number of hydrogen-bond acceptors (Lipinski definition) is 7. The quantitative estimate of drug-likeness (QED) is 0.428. The summed E-state index contributed by atoms with van der Waals surface area (Å²) in [5.74, 6) is 0.179. The van der Waals surface area contributed by atoms with E-state index in [4.69, 9.17) is 5.73 Å². The number of nitrogens with zero attached hydrogens (tertiary/aromatic N) is 5. The van der Waals surface area contributed by atoms with Crippen LogP contribution in [-0.4, -0.2) is 35.8 Å². The second-order valence-corrected chi connectivity index (χ2v) is 7.85. The Bertz CT molecular complexity index is 1350. The molecule has 0 saturated carbocycles. The van der Waals surface area contributed by atoms with Gasteiger partial charge in [-0.15, -0.1) is 0 Å². The smallest absolute Gasteiger partial charge is 0.392 e. The highest BCUT2D eigenvalue weighted by atomic mass is 19.4. The third-order valence-electron chi connectivity index (χ3n) is 5.50. The highest BCUT2D eigenvalue weighted by molar-refractivity contribution is 5.99. The van der Waals surface area contributed by atoms with Crippen LogP contribution < -0.4 is 5.73 Å².